The molecule has 0 aliphatic carbocycles. The Hall–Kier alpha value is -0.380. The molecule has 1 N–H and O–H groups in total. The van der Waals surface area contributed by atoms with Crippen molar-refractivity contribution in [3.63, 3.8) is 0 Å². The van der Waals surface area contributed by atoms with Gasteiger partial charge in [-0.1, -0.05) is 41.9 Å². The molecule has 0 heterocycles. The minimum absolute atomic E-state index is 0.237. The van der Waals surface area contributed by atoms with E-state index in [0.29, 0.717) is 12.6 Å². The van der Waals surface area contributed by atoms with E-state index in [0.717, 1.165) is 11.0 Å². The largest absolute Gasteiger partial charge is 0.373 e. The van der Waals surface area contributed by atoms with Crippen molar-refractivity contribution in [2.24, 2.45) is 0 Å². The van der Waals surface area contributed by atoms with E-state index in [9.17, 15) is 0 Å². The van der Waals surface area contributed by atoms with E-state index < -0.39 is 0 Å². The number of halogens is 1. The lowest BCUT2D eigenvalue weighted by atomic mass is 10.2. The maximum atomic E-state index is 5.75. The van der Waals surface area contributed by atoms with Crippen LogP contribution in [0.1, 0.15) is 26.3 Å². The summed E-state index contributed by atoms with van der Waals surface area (Å²) in [7, 11) is 0. The van der Waals surface area contributed by atoms with Crippen LogP contribution < -0.4 is 5.32 Å². The summed E-state index contributed by atoms with van der Waals surface area (Å²) in [4.78, 5) is 0. The van der Waals surface area contributed by atoms with Gasteiger partial charge >= 0.3 is 0 Å². The van der Waals surface area contributed by atoms with Crippen molar-refractivity contribution in [1.29, 1.82) is 0 Å². The SMILES string of the molecule is CC(C)NCC(C)OCc1cccc(Br)c1. The van der Waals surface area contributed by atoms with Gasteiger partial charge in [0, 0.05) is 17.1 Å². The van der Waals surface area contributed by atoms with Gasteiger partial charge in [0.05, 0.1) is 12.7 Å². The Labute approximate surface area is 107 Å². The zero-order chi connectivity index (χ0) is 12.0. The summed E-state index contributed by atoms with van der Waals surface area (Å²) in [6.45, 7) is 7.93. The first kappa shape index (κ1) is 13.7. The van der Waals surface area contributed by atoms with Gasteiger partial charge in [0.25, 0.3) is 0 Å². The lowest BCUT2D eigenvalue weighted by molar-refractivity contribution is 0.0520. The Morgan fingerprint density at radius 3 is 2.69 bits per heavy atom. The zero-order valence-electron chi connectivity index (χ0n) is 10.2. The van der Waals surface area contributed by atoms with Crippen molar-refractivity contribution in [3.8, 4) is 0 Å². The maximum Gasteiger partial charge on any atom is 0.0721 e. The molecule has 2 nitrogen and oxygen atoms in total. The van der Waals surface area contributed by atoms with E-state index in [1.54, 1.807) is 0 Å². The average molecular weight is 286 g/mol. The van der Waals surface area contributed by atoms with Crippen molar-refractivity contribution < 1.29 is 4.74 Å². The second-order valence-corrected chi connectivity index (χ2v) is 5.23. The molecular formula is C13H20BrNO. The third kappa shape index (κ3) is 5.64. The van der Waals surface area contributed by atoms with Gasteiger partial charge in [-0.2, -0.15) is 0 Å². The molecule has 1 aromatic rings. The minimum atomic E-state index is 0.237. The molecule has 0 fully saturated rings. The van der Waals surface area contributed by atoms with E-state index in [4.69, 9.17) is 4.74 Å². The van der Waals surface area contributed by atoms with E-state index in [1.807, 2.05) is 12.1 Å². The number of hydrogen-bond acceptors (Lipinski definition) is 2. The van der Waals surface area contributed by atoms with Gasteiger partial charge in [0.15, 0.2) is 0 Å². The van der Waals surface area contributed by atoms with Crippen molar-refractivity contribution in [3.05, 3.63) is 34.3 Å². The van der Waals surface area contributed by atoms with Gasteiger partial charge in [-0.25, -0.2) is 0 Å². The van der Waals surface area contributed by atoms with Gasteiger partial charge in [0.1, 0.15) is 0 Å². The van der Waals surface area contributed by atoms with Crippen molar-refractivity contribution in [2.75, 3.05) is 6.54 Å². The Balaban J connectivity index is 2.28. The summed E-state index contributed by atoms with van der Waals surface area (Å²) >= 11 is 3.45. The number of benzene rings is 1. The molecule has 0 saturated carbocycles. The van der Waals surface area contributed by atoms with Gasteiger partial charge in [0.2, 0.25) is 0 Å². The normalized spacial score (nSPS) is 13.1. The van der Waals surface area contributed by atoms with E-state index in [1.165, 1.54) is 5.56 Å². The summed E-state index contributed by atoms with van der Waals surface area (Å²) in [5, 5.41) is 3.36. The van der Waals surface area contributed by atoms with Crippen LogP contribution in [-0.2, 0) is 11.3 Å². The Kier molecular flexibility index (Phi) is 6.03. The van der Waals surface area contributed by atoms with Crippen LogP contribution in [0.15, 0.2) is 28.7 Å². The quantitative estimate of drug-likeness (QED) is 0.866. The third-order valence-corrected chi connectivity index (χ3v) is 2.73. The molecule has 0 spiro atoms. The molecule has 0 amide bonds. The monoisotopic (exact) mass is 285 g/mol. The van der Waals surface area contributed by atoms with E-state index in [2.05, 4.69) is 54.2 Å². The van der Waals surface area contributed by atoms with Crippen molar-refractivity contribution >= 4 is 15.9 Å². The predicted molar refractivity (Wildman–Crippen MR) is 71.5 cm³/mol. The molecule has 1 aromatic carbocycles. The van der Waals surface area contributed by atoms with Gasteiger partial charge < -0.3 is 10.1 Å². The highest BCUT2D eigenvalue weighted by molar-refractivity contribution is 9.10. The molecule has 1 atom stereocenters. The van der Waals surface area contributed by atoms with Crippen molar-refractivity contribution in [1.82, 2.24) is 5.32 Å². The first-order valence-corrected chi connectivity index (χ1v) is 6.46. The van der Waals surface area contributed by atoms with E-state index in [-0.39, 0.29) is 6.10 Å². The third-order valence-electron chi connectivity index (χ3n) is 2.24. The molecule has 3 heteroatoms. The Bertz CT molecular complexity index is 315. The smallest absolute Gasteiger partial charge is 0.0721 e. The number of rotatable bonds is 6. The van der Waals surface area contributed by atoms with Crippen LogP contribution >= 0.6 is 15.9 Å². The second-order valence-electron chi connectivity index (χ2n) is 4.31. The highest BCUT2D eigenvalue weighted by Crippen LogP contribution is 2.12. The molecule has 0 radical (unpaired) electrons. The minimum Gasteiger partial charge on any atom is -0.373 e. The standard InChI is InChI=1S/C13H20BrNO/c1-10(2)15-8-11(3)16-9-12-5-4-6-13(14)7-12/h4-7,10-11,15H,8-9H2,1-3H3. The molecule has 0 aliphatic rings. The summed E-state index contributed by atoms with van der Waals surface area (Å²) < 4.78 is 6.85. The summed E-state index contributed by atoms with van der Waals surface area (Å²) in [6.07, 6.45) is 0.237. The first-order valence-electron chi connectivity index (χ1n) is 5.67. The molecule has 1 unspecified atom stereocenters. The number of ether oxygens (including phenoxy) is 1. The van der Waals surface area contributed by atoms with Gasteiger partial charge in [-0.05, 0) is 24.6 Å². The summed E-state index contributed by atoms with van der Waals surface area (Å²) in [6, 6.07) is 8.72. The topological polar surface area (TPSA) is 21.3 Å². The summed E-state index contributed by atoms with van der Waals surface area (Å²) in [5.41, 5.74) is 1.20. The molecular weight excluding hydrogens is 266 g/mol. The first-order chi connectivity index (χ1) is 7.58. The fourth-order valence-corrected chi connectivity index (χ4v) is 1.77. The molecule has 0 aromatic heterocycles. The highest BCUT2D eigenvalue weighted by Gasteiger charge is 2.03. The van der Waals surface area contributed by atoms with Crippen LogP contribution in [0.5, 0.6) is 0 Å². The molecule has 90 valence electrons. The average Bonchev–Trinajstić information content (AvgIpc) is 2.23. The van der Waals surface area contributed by atoms with Crippen LogP contribution in [0.25, 0.3) is 0 Å². The van der Waals surface area contributed by atoms with Crippen molar-refractivity contribution in [2.45, 2.75) is 39.5 Å². The van der Waals surface area contributed by atoms with Gasteiger partial charge in [-0.3, -0.25) is 0 Å². The number of nitrogens with one attached hydrogen (secondary N) is 1. The predicted octanol–water partition coefficient (Wildman–Crippen LogP) is 3.35. The molecule has 0 aliphatic heterocycles. The lowest BCUT2D eigenvalue weighted by Gasteiger charge is -2.16. The summed E-state index contributed by atoms with van der Waals surface area (Å²) in [5.74, 6) is 0. The van der Waals surface area contributed by atoms with Crippen LogP contribution in [0, 0.1) is 0 Å². The molecule has 0 bridgehead atoms. The molecule has 1 rings (SSSR count). The zero-order valence-corrected chi connectivity index (χ0v) is 11.8. The lowest BCUT2D eigenvalue weighted by Crippen LogP contribution is -2.31. The fourth-order valence-electron chi connectivity index (χ4n) is 1.33. The van der Waals surface area contributed by atoms with Crippen LogP contribution in [0.2, 0.25) is 0 Å². The van der Waals surface area contributed by atoms with Crippen LogP contribution in [0.4, 0.5) is 0 Å². The Morgan fingerprint density at radius 1 is 1.31 bits per heavy atom. The van der Waals surface area contributed by atoms with Crippen LogP contribution in [-0.4, -0.2) is 18.7 Å². The Morgan fingerprint density at radius 2 is 2.06 bits per heavy atom. The number of hydrogen-bond donors (Lipinski definition) is 1. The second kappa shape index (κ2) is 7.05. The highest BCUT2D eigenvalue weighted by atomic mass is 79.9. The molecule has 16 heavy (non-hydrogen) atoms. The fraction of sp³-hybridized carbons (Fsp3) is 0.538. The maximum absolute atomic E-state index is 5.75. The van der Waals surface area contributed by atoms with E-state index >= 15 is 0 Å². The van der Waals surface area contributed by atoms with Gasteiger partial charge in [-0.15, -0.1) is 0 Å². The van der Waals surface area contributed by atoms with Crippen LogP contribution in [0.3, 0.4) is 0 Å². The molecule has 0 saturated heterocycles.